The summed E-state index contributed by atoms with van der Waals surface area (Å²) in [5, 5.41) is 2.75. The number of hydrogen-bond donors (Lipinski definition) is 2. The fraction of sp³-hybridized carbons (Fsp3) is 0.211. The zero-order chi connectivity index (χ0) is 18.1. The summed E-state index contributed by atoms with van der Waals surface area (Å²) in [6.07, 6.45) is 0.160. The Bertz CT molecular complexity index is 934. The van der Waals surface area contributed by atoms with Crippen molar-refractivity contribution in [1.82, 2.24) is 14.9 Å². The van der Waals surface area contributed by atoms with Crippen molar-refractivity contribution in [2.24, 2.45) is 5.92 Å². The van der Waals surface area contributed by atoms with Gasteiger partial charge >= 0.3 is 0 Å². The first-order chi connectivity index (χ1) is 12.6. The highest BCUT2D eigenvalue weighted by Crippen LogP contribution is 2.22. The maximum Gasteiger partial charge on any atom is 0.232 e. The molecule has 1 aliphatic rings. The van der Waals surface area contributed by atoms with Crippen LogP contribution in [0.2, 0.25) is 0 Å². The number of aromatic nitrogens is 2. The third kappa shape index (κ3) is 3.28. The number of halogens is 1. The molecule has 1 atom stereocenters. The van der Waals surface area contributed by atoms with E-state index in [4.69, 9.17) is 0 Å². The monoisotopic (exact) mass is 352 g/mol. The largest absolute Gasteiger partial charge is 0.338 e. The third-order valence-electron chi connectivity index (χ3n) is 4.50. The Hall–Kier alpha value is -3.22. The molecule has 3 aromatic rings. The minimum absolute atomic E-state index is 0.0842. The molecule has 2 amide bonds. The second-order valence-electron chi connectivity index (χ2n) is 6.39. The fourth-order valence-corrected chi connectivity index (χ4v) is 3.14. The van der Waals surface area contributed by atoms with Crippen molar-refractivity contribution in [2.75, 3.05) is 11.9 Å². The number of carbonyl (C=O) groups excluding carboxylic acids is 2. The van der Waals surface area contributed by atoms with Gasteiger partial charge in [0, 0.05) is 19.5 Å². The van der Waals surface area contributed by atoms with Crippen LogP contribution in [-0.2, 0) is 16.1 Å². The number of aromatic amines is 1. The van der Waals surface area contributed by atoms with Crippen LogP contribution in [-0.4, -0.2) is 33.2 Å². The van der Waals surface area contributed by atoms with Crippen LogP contribution < -0.4 is 5.32 Å². The molecule has 132 valence electrons. The number of anilines is 1. The quantitative estimate of drug-likeness (QED) is 0.758. The molecule has 1 unspecified atom stereocenters. The Balaban J connectivity index is 1.40. The van der Waals surface area contributed by atoms with Crippen molar-refractivity contribution in [2.45, 2.75) is 13.0 Å². The molecule has 1 fully saturated rings. The Morgan fingerprint density at radius 3 is 2.77 bits per heavy atom. The molecule has 1 aromatic heterocycles. The zero-order valence-electron chi connectivity index (χ0n) is 13.9. The number of H-pyrrole nitrogens is 1. The summed E-state index contributed by atoms with van der Waals surface area (Å²) in [6, 6.07) is 13.5. The molecule has 0 saturated carbocycles. The van der Waals surface area contributed by atoms with Gasteiger partial charge in [-0.25, -0.2) is 9.37 Å². The van der Waals surface area contributed by atoms with E-state index in [-0.39, 0.29) is 24.1 Å². The smallest absolute Gasteiger partial charge is 0.232 e. The van der Waals surface area contributed by atoms with Crippen LogP contribution in [0.5, 0.6) is 0 Å². The van der Waals surface area contributed by atoms with E-state index in [0.717, 1.165) is 16.6 Å². The predicted molar refractivity (Wildman–Crippen MR) is 94.6 cm³/mol. The van der Waals surface area contributed by atoms with Gasteiger partial charge in [0.15, 0.2) is 0 Å². The summed E-state index contributed by atoms with van der Waals surface area (Å²) in [4.78, 5) is 33.7. The number of imidazole rings is 1. The molecule has 6 nitrogen and oxygen atoms in total. The number of likely N-dealkylation sites (tertiary alicyclic amines) is 1. The normalized spacial score (nSPS) is 17.0. The summed E-state index contributed by atoms with van der Waals surface area (Å²) >= 11 is 0. The number of para-hydroxylation sites is 2. The van der Waals surface area contributed by atoms with Crippen LogP contribution in [0.1, 0.15) is 12.0 Å². The fourth-order valence-electron chi connectivity index (χ4n) is 3.14. The van der Waals surface area contributed by atoms with Gasteiger partial charge in [0.2, 0.25) is 17.8 Å². The topological polar surface area (TPSA) is 78.1 Å². The zero-order valence-corrected chi connectivity index (χ0v) is 13.9. The first-order valence-corrected chi connectivity index (χ1v) is 8.36. The van der Waals surface area contributed by atoms with Crippen molar-refractivity contribution < 1.29 is 14.0 Å². The molecular weight excluding hydrogens is 335 g/mol. The SMILES string of the molecule is O=C(Nc1nc2ccccc2[nH]1)C1CC(=O)N(Cc2ccc(F)cc2)C1. The number of carbonyl (C=O) groups is 2. The van der Waals surface area contributed by atoms with Gasteiger partial charge in [-0.05, 0) is 29.8 Å². The van der Waals surface area contributed by atoms with E-state index in [0.29, 0.717) is 19.0 Å². The van der Waals surface area contributed by atoms with Crippen LogP contribution >= 0.6 is 0 Å². The van der Waals surface area contributed by atoms with Crippen LogP contribution in [0, 0.1) is 11.7 Å². The maximum absolute atomic E-state index is 13.0. The minimum Gasteiger partial charge on any atom is -0.338 e. The number of nitrogens with one attached hydrogen (secondary N) is 2. The highest BCUT2D eigenvalue weighted by Gasteiger charge is 2.34. The van der Waals surface area contributed by atoms with Gasteiger partial charge in [0.1, 0.15) is 5.82 Å². The van der Waals surface area contributed by atoms with Crippen molar-refractivity contribution in [3.63, 3.8) is 0 Å². The van der Waals surface area contributed by atoms with Gasteiger partial charge in [-0.1, -0.05) is 24.3 Å². The van der Waals surface area contributed by atoms with Crippen molar-refractivity contribution >= 4 is 28.8 Å². The lowest BCUT2D eigenvalue weighted by Gasteiger charge is -2.16. The highest BCUT2D eigenvalue weighted by atomic mass is 19.1. The Labute approximate surface area is 149 Å². The van der Waals surface area contributed by atoms with Crippen LogP contribution in [0.3, 0.4) is 0 Å². The average molecular weight is 352 g/mol. The molecule has 1 saturated heterocycles. The first kappa shape index (κ1) is 16.3. The molecule has 4 rings (SSSR count). The van der Waals surface area contributed by atoms with E-state index in [9.17, 15) is 14.0 Å². The summed E-state index contributed by atoms with van der Waals surface area (Å²) in [5.74, 6) is -0.695. The van der Waals surface area contributed by atoms with Gasteiger partial charge in [0.05, 0.1) is 17.0 Å². The molecule has 0 spiro atoms. The summed E-state index contributed by atoms with van der Waals surface area (Å²) < 4.78 is 13.0. The molecule has 0 bridgehead atoms. The molecule has 7 heteroatoms. The predicted octanol–water partition coefficient (Wildman–Crippen LogP) is 2.69. The summed E-state index contributed by atoms with van der Waals surface area (Å²) in [7, 11) is 0. The Morgan fingerprint density at radius 1 is 1.23 bits per heavy atom. The summed E-state index contributed by atoms with van der Waals surface area (Å²) in [6.45, 7) is 0.704. The van der Waals surface area contributed by atoms with Gasteiger partial charge in [-0.3, -0.25) is 14.9 Å². The van der Waals surface area contributed by atoms with E-state index in [1.54, 1.807) is 17.0 Å². The lowest BCUT2D eigenvalue weighted by atomic mass is 10.1. The molecule has 0 radical (unpaired) electrons. The van der Waals surface area contributed by atoms with Crippen LogP contribution in [0.15, 0.2) is 48.5 Å². The van der Waals surface area contributed by atoms with E-state index in [1.165, 1.54) is 12.1 Å². The number of rotatable bonds is 4. The van der Waals surface area contributed by atoms with Gasteiger partial charge in [0.25, 0.3) is 0 Å². The number of amides is 2. The van der Waals surface area contributed by atoms with Crippen molar-refractivity contribution in [1.29, 1.82) is 0 Å². The molecule has 2 heterocycles. The number of nitrogens with zero attached hydrogens (tertiary/aromatic N) is 2. The molecule has 2 N–H and O–H groups in total. The second kappa shape index (κ2) is 6.59. The lowest BCUT2D eigenvalue weighted by Crippen LogP contribution is -2.28. The number of hydrogen-bond acceptors (Lipinski definition) is 3. The van der Waals surface area contributed by atoms with Gasteiger partial charge in [-0.2, -0.15) is 0 Å². The van der Waals surface area contributed by atoms with Crippen LogP contribution in [0.25, 0.3) is 11.0 Å². The highest BCUT2D eigenvalue weighted by molar-refractivity contribution is 5.97. The van der Waals surface area contributed by atoms with Gasteiger partial charge in [-0.15, -0.1) is 0 Å². The standard InChI is InChI=1S/C19H17FN4O2/c20-14-7-5-12(6-8-14)10-24-11-13(9-17(24)25)18(26)23-19-21-15-3-1-2-4-16(15)22-19/h1-8,13H,9-11H2,(H2,21,22,23,26). The molecular formula is C19H17FN4O2. The molecule has 2 aromatic carbocycles. The summed E-state index contributed by atoms with van der Waals surface area (Å²) in [5.41, 5.74) is 2.43. The lowest BCUT2D eigenvalue weighted by molar-refractivity contribution is -0.128. The van der Waals surface area contributed by atoms with Crippen molar-refractivity contribution in [3.05, 3.63) is 59.9 Å². The first-order valence-electron chi connectivity index (χ1n) is 8.36. The van der Waals surface area contributed by atoms with Gasteiger partial charge < -0.3 is 9.88 Å². The van der Waals surface area contributed by atoms with E-state index in [2.05, 4.69) is 15.3 Å². The maximum atomic E-state index is 13.0. The number of fused-ring (bicyclic) bond motifs is 1. The van der Waals surface area contributed by atoms with E-state index in [1.807, 2.05) is 24.3 Å². The Kier molecular flexibility index (Phi) is 4.12. The van der Waals surface area contributed by atoms with Crippen molar-refractivity contribution in [3.8, 4) is 0 Å². The molecule has 0 aliphatic carbocycles. The average Bonchev–Trinajstić information content (AvgIpc) is 3.20. The molecule has 26 heavy (non-hydrogen) atoms. The second-order valence-corrected chi connectivity index (χ2v) is 6.39. The third-order valence-corrected chi connectivity index (χ3v) is 4.50. The molecule has 1 aliphatic heterocycles. The minimum atomic E-state index is -0.434. The number of benzene rings is 2. The van der Waals surface area contributed by atoms with E-state index < -0.39 is 5.92 Å². The Morgan fingerprint density at radius 2 is 2.00 bits per heavy atom. The van der Waals surface area contributed by atoms with Crippen LogP contribution in [0.4, 0.5) is 10.3 Å². The van der Waals surface area contributed by atoms with E-state index >= 15 is 0 Å².